The molecule has 76 valence electrons. The van der Waals surface area contributed by atoms with Crippen LogP contribution in [0.2, 0.25) is 0 Å². The minimum atomic E-state index is -0.822. The highest BCUT2D eigenvalue weighted by Gasteiger charge is 2.40. The third kappa shape index (κ3) is 2.66. The lowest BCUT2D eigenvalue weighted by Gasteiger charge is -2.16. The predicted molar refractivity (Wildman–Crippen MR) is 55.5 cm³/mol. The monoisotopic (exact) mass is 249 g/mol. The zero-order chi connectivity index (χ0) is 9.90. The zero-order valence-corrected chi connectivity index (χ0v) is 9.55. The summed E-state index contributed by atoms with van der Waals surface area (Å²) in [7, 11) is 0. The third-order valence-corrected chi connectivity index (χ3v) is 4.09. The lowest BCUT2D eigenvalue weighted by Crippen LogP contribution is -2.30. The first-order valence-electron chi connectivity index (χ1n) is 4.92. The molecular weight excluding hydrogens is 234 g/mol. The molecule has 1 aliphatic carbocycles. The number of rotatable bonds is 2. The Morgan fingerprint density at radius 2 is 2.23 bits per heavy atom. The van der Waals surface area contributed by atoms with E-state index in [4.69, 9.17) is 0 Å². The van der Waals surface area contributed by atoms with Crippen molar-refractivity contribution in [1.82, 2.24) is 0 Å². The summed E-state index contributed by atoms with van der Waals surface area (Å²) < 4.78 is -0.822. The predicted octanol–water partition coefficient (Wildman–Crippen LogP) is 3.34. The molecule has 1 aliphatic rings. The molecule has 3 nitrogen and oxygen atoms in total. The SMILES string of the molecule is CCC1CCCC(Br)([N+](=O)[O-])CC1. The Morgan fingerprint density at radius 3 is 2.77 bits per heavy atom. The van der Waals surface area contributed by atoms with Gasteiger partial charge in [-0.05, 0) is 18.8 Å². The van der Waals surface area contributed by atoms with Crippen LogP contribution in [0.15, 0.2) is 0 Å². The largest absolute Gasteiger partial charge is 0.274 e. The first-order valence-corrected chi connectivity index (χ1v) is 5.71. The number of hydrogen-bond donors (Lipinski definition) is 0. The molecule has 1 rings (SSSR count). The fourth-order valence-electron chi connectivity index (χ4n) is 1.95. The van der Waals surface area contributed by atoms with Crippen LogP contribution in [-0.4, -0.2) is 9.37 Å². The molecule has 0 aromatic carbocycles. The Bertz CT molecular complexity index is 198. The van der Waals surface area contributed by atoms with Crippen molar-refractivity contribution in [2.75, 3.05) is 0 Å². The van der Waals surface area contributed by atoms with Gasteiger partial charge in [-0.3, -0.25) is 10.1 Å². The first kappa shape index (κ1) is 11.0. The Balaban J connectivity index is 2.58. The van der Waals surface area contributed by atoms with Crippen molar-refractivity contribution >= 4 is 15.9 Å². The summed E-state index contributed by atoms with van der Waals surface area (Å²) in [4.78, 5) is 10.6. The molecule has 4 heteroatoms. The van der Waals surface area contributed by atoms with Gasteiger partial charge in [-0.1, -0.05) is 19.8 Å². The minimum Gasteiger partial charge on any atom is -0.263 e. The van der Waals surface area contributed by atoms with E-state index in [2.05, 4.69) is 22.9 Å². The van der Waals surface area contributed by atoms with Gasteiger partial charge < -0.3 is 0 Å². The first-order chi connectivity index (χ1) is 6.08. The van der Waals surface area contributed by atoms with E-state index in [9.17, 15) is 10.1 Å². The molecule has 0 amide bonds. The van der Waals surface area contributed by atoms with Crippen LogP contribution in [0.5, 0.6) is 0 Å². The van der Waals surface area contributed by atoms with Gasteiger partial charge in [0, 0.05) is 33.7 Å². The normalized spacial score (nSPS) is 35.4. The van der Waals surface area contributed by atoms with E-state index in [1.165, 1.54) is 0 Å². The number of hydrogen-bond acceptors (Lipinski definition) is 2. The van der Waals surface area contributed by atoms with Gasteiger partial charge in [-0.15, -0.1) is 0 Å². The van der Waals surface area contributed by atoms with E-state index in [1.54, 1.807) is 0 Å². The van der Waals surface area contributed by atoms with Gasteiger partial charge in [0.1, 0.15) is 0 Å². The van der Waals surface area contributed by atoms with Crippen LogP contribution in [0, 0.1) is 16.0 Å². The summed E-state index contributed by atoms with van der Waals surface area (Å²) >= 11 is 3.27. The van der Waals surface area contributed by atoms with Crippen molar-refractivity contribution in [1.29, 1.82) is 0 Å². The summed E-state index contributed by atoms with van der Waals surface area (Å²) in [5, 5.41) is 10.8. The molecule has 0 heterocycles. The van der Waals surface area contributed by atoms with Crippen molar-refractivity contribution in [3.8, 4) is 0 Å². The van der Waals surface area contributed by atoms with Crippen LogP contribution in [0.1, 0.15) is 45.4 Å². The van der Waals surface area contributed by atoms with Crippen LogP contribution in [-0.2, 0) is 0 Å². The summed E-state index contributed by atoms with van der Waals surface area (Å²) in [6.45, 7) is 2.16. The van der Waals surface area contributed by atoms with Crippen LogP contribution < -0.4 is 0 Å². The van der Waals surface area contributed by atoms with Crippen molar-refractivity contribution in [2.24, 2.45) is 5.92 Å². The van der Waals surface area contributed by atoms with Crippen LogP contribution >= 0.6 is 15.9 Å². The van der Waals surface area contributed by atoms with Crippen molar-refractivity contribution in [3.63, 3.8) is 0 Å². The molecule has 0 spiro atoms. The highest BCUT2D eigenvalue weighted by Crippen LogP contribution is 2.37. The van der Waals surface area contributed by atoms with Crippen molar-refractivity contribution < 1.29 is 4.92 Å². The Kier molecular flexibility index (Phi) is 3.71. The molecule has 1 fully saturated rings. The Morgan fingerprint density at radius 1 is 1.54 bits per heavy atom. The summed E-state index contributed by atoms with van der Waals surface area (Å²) in [5.74, 6) is 0.694. The standard InChI is InChI=1S/C9H16BrNO2/c1-2-8-4-3-6-9(10,7-5-8)11(12)13/h8H,2-7H2,1H3. The maximum atomic E-state index is 10.8. The molecule has 0 saturated heterocycles. The molecule has 0 aromatic heterocycles. The van der Waals surface area contributed by atoms with Gasteiger partial charge in [-0.2, -0.15) is 0 Å². The Labute approximate surface area is 87.2 Å². The molecule has 0 aromatic rings. The maximum absolute atomic E-state index is 10.8. The number of nitro groups is 1. The summed E-state index contributed by atoms with van der Waals surface area (Å²) in [6, 6.07) is 0. The second-order valence-corrected chi connectivity index (χ2v) is 5.36. The Hall–Kier alpha value is -0.120. The van der Waals surface area contributed by atoms with Gasteiger partial charge in [0.2, 0.25) is 0 Å². The maximum Gasteiger partial charge on any atom is 0.274 e. The smallest absolute Gasteiger partial charge is 0.263 e. The van der Waals surface area contributed by atoms with Crippen molar-refractivity contribution in [3.05, 3.63) is 10.1 Å². The van der Waals surface area contributed by atoms with E-state index < -0.39 is 4.45 Å². The van der Waals surface area contributed by atoms with E-state index in [0.29, 0.717) is 18.8 Å². The molecular formula is C9H16BrNO2. The molecule has 0 aliphatic heterocycles. The highest BCUT2D eigenvalue weighted by molar-refractivity contribution is 9.10. The third-order valence-electron chi connectivity index (χ3n) is 3.01. The average Bonchev–Trinajstić information content (AvgIpc) is 2.28. The van der Waals surface area contributed by atoms with E-state index >= 15 is 0 Å². The zero-order valence-electron chi connectivity index (χ0n) is 7.96. The fraction of sp³-hybridized carbons (Fsp3) is 1.00. The average molecular weight is 250 g/mol. The second kappa shape index (κ2) is 4.40. The number of halogens is 1. The molecule has 13 heavy (non-hydrogen) atoms. The van der Waals surface area contributed by atoms with E-state index in [1.807, 2.05) is 0 Å². The van der Waals surface area contributed by atoms with Gasteiger partial charge >= 0.3 is 0 Å². The van der Waals surface area contributed by atoms with Crippen LogP contribution in [0.4, 0.5) is 0 Å². The van der Waals surface area contributed by atoms with Crippen molar-refractivity contribution in [2.45, 2.75) is 49.9 Å². The lowest BCUT2D eigenvalue weighted by molar-refractivity contribution is -0.537. The second-order valence-electron chi connectivity index (χ2n) is 3.88. The lowest BCUT2D eigenvalue weighted by atomic mass is 9.98. The summed E-state index contributed by atoms with van der Waals surface area (Å²) in [6.07, 6.45) is 5.63. The molecule has 0 bridgehead atoms. The van der Waals surface area contributed by atoms with Gasteiger partial charge in [0.15, 0.2) is 0 Å². The fourth-order valence-corrected chi connectivity index (χ4v) is 2.46. The van der Waals surface area contributed by atoms with Gasteiger partial charge in [-0.25, -0.2) is 0 Å². The molecule has 1 saturated carbocycles. The number of alkyl halides is 1. The van der Waals surface area contributed by atoms with E-state index in [-0.39, 0.29) is 4.92 Å². The highest BCUT2D eigenvalue weighted by atomic mass is 79.9. The van der Waals surface area contributed by atoms with Gasteiger partial charge in [0.25, 0.3) is 4.45 Å². The van der Waals surface area contributed by atoms with Crippen LogP contribution in [0.3, 0.4) is 0 Å². The van der Waals surface area contributed by atoms with E-state index in [0.717, 1.165) is 25.7 Å². The number of nitrogens with zero attached hydrogens (tertiary/aromatic N) is 1. The molecule has 2 atom stereocenters. The molecule has 2 unspecified atom stereocenters. The topological polar surface area (TPSA) is 43.1 Å². The minimum absolute atomic E-state index is 0.162. The van der Waals surface area contributed by atoms with Crippen LogP contribution in [0.25, 0.3) is 0 Å². The van der Waals surface area contributed by atoms with Gasteiger partial charge in [0.05, 0.1) is 0 Å². The molecule has 0 radical (unpaired) electrons. The molecule has 0 N–H and O–H groups in total. The summed E-state index contributed by atoms with van der Waals surface area (Å²) in [5.41, 5.74) is 0. The quantitative estimate of drug-likeness (QED) is 0.248.